The quantitative estimate of drug-likeness (QED) is 0.504. The molecule has 0 radical (unpaired) electrons. The molecule has 0 spiro atoms. The van der Waals surface area contributed by atoms with Gasteiger partial charge in [-0.25, -0.2) is 9.07 Å². The number of hydrogen-bond acceptors (Lipinski definition) is 5. The zero-order valence-corrected chi connectivity index (χ0v) is 22.7. The van der Waals surface area contributed by atoms with E-state index in [9.17, 15) is 14.0 Å². The Morgan fingerprint density at radius 2 is 1.53 bits per heavy atom. The van der Waals surface area contributed by atoms with Crippen LogP contribution in [0.25, 0.3) is 16.9 Å². The second-order valence-electron chi connectivity index (χ2n) is 9.08. The number of hydrogen-bond donors (Lipinski definition) is 0. The van der Waals surface area contributed by atoms with E-state index >= 15 is 0 Å². The summed E-state index contributed by atoms with van der Waals surface area (Å²) in [6.07, 6.45) is 2.07. The van der Waals surface area contributed by atoms with Gasteiger partial charge in [-0.05, 0) is 61.2 Å². The Bertz CT molecular complexity index is 1320. The highest BCUT2D eigenvalue weighted by Gasteiger charge is 2.32. The number of carbonyl (C=O) groups excluding carboxylic acids is 2. The summed E-state index contributed by atoms with van der Waals surface area (Å²) < 4.78 is 26.5. The van der Waals surface area contributed by atoms with Gasteiger partial charge in [0.2, 0.25) is 5.91 Å². The number of rotatable bonds is 4. The Labute approximate surface area is 222 Å². The fourth-order valence-corrected chi connectivity index (χ4v) is 5.10. The fraction of sp³-hybridized carbons (Fsp3) is 0.414. The average molecular weight is 523 g/mol. The van der Waals surface area contributed by atoms with Gasteiger partial charge in [0.25, 0.3) is 5.91 Å². The normalized spacial score (nSPS) is 14.5. The van der Waals surface area contributed by atoms with Crippen LogP contribution in [0.4, 0.5) is 4.39 Å². The van der Waals surface area contributed by atoms with E-state index in [2.05, 4.69) is 0 Å². The van der Waals surface area contributed by atoms with Gasteiger partial charge in [0.1, 0.15) is 5.82 Å². The molecule has 0 atom stereocenters. The van der Waals surface area contributed by atoms with Crippen molar-refractivity contribution < 1.29 is 23.5 Å². The minimum Gasteiger partial charge on any atom is -0.493 e. The van der Waals surface area contributed by atoms with E-state index in [4.69, 9.17) is 14.6 Å². The summed E-state index contributed by atoms with van der Waals surface area (Å²) in [5.74, 6) is 0.747. The molecule has 0 saturated carbocycles. The average Bonchev–Trinajstić information content (AvgIpc) is 3.15. The summed E-state index contributed by atoms with van der Waals surface area (Å²) in [5, 5.41) is 4.80. The molecule has 0 unspecified atom stereocenters. The van der Waals surface area contributed by atoms with Crippen LogP contribution in [0, 0.1) is 5.82 Å². The predicted octanol–water partition coefficient (Wildman–Crippen LogP) is 4.51. The second-order valence-corrected chi connectivity index (χ2v) is 9.08. The van der Waals surface area contributed by atoms with Crippen molar-refractivity contribution in [3.8, 4) is 28.4 Å². The Kier molecular flexibility index (Phi) is 8.34. The predicted molar refractivity (Wildman–Crippen MR) is 144 cm³/mol. The van der Waals surface area contributed by atoms with Crippen LogP contribution in [0.15, 0.2) is 36.4 Å². The Balaban J connectivity index is 0.00000164. The molecule has 1 aliphatic heterocycles. The third kappa shape index (κ3) is 5.10. The molecule has 1 aliphatic carbocycles. The lowest BCUT2D eigenvalue weighted by molar-refractivity contribution is -0.128. The van der Waals surface area contributed by atoms with Gasteiger partial charge in [-0.2, -0.15) is 5.10 Å². The van der Waals surface area contributed by atoms with E-state index in [1.165, 1.54) is 12.1 Å². The van der Waals surface area contributed by atoms with Crippen molar-refractivity contribution >= 4 is 11.8 Å². The molecular weight excluding hydrogens is 487 g/mol. The number of fused-ring (bicyclic) bond motifs is 3. The van der Waals surface area contributed by atoms with Crippen LogP contribution in [0.1, 0.15) is 48.8 Å². The van der Waals surface area contributed by atoms with Crippen molar-refractivity contribution in [2.24, 2.45) is 0 Å². The van der Waals surface area contributed by atoms with Gasteiger partial charge in [-0.3, -0.25) is 9.59 Å². The number of methoxy groups -OCH3 is 2. The van der Waals surface area contributed by atoms with Gasteiger partial charge in [-0.15, -0.1) is 0 Å². The Morgan fingerprint density at radius 1 is 0.895 bits per heavy atom. The van der Waals surface area contributed by atoms with Crippen LogP contribution in [0.5, 0.6) is 11.5 Å². The van der Waals surface area contributed by atoms with E-state index in [-0.39, 0.29) is 17.6 Å². The lowest BCUT2D eigenvalue weighted by Crippen LogP contribution is -2.37. The van der Waals surface area contributed by atoms with Gasteiger partial charge < -0.3 is 19.3 Å². The molecule has 38 heavy (non-hydrogen) atoms. The highest BCUT2D eigenvalue weighted by molar-refractivity contribution is 5.96. The fourth-order valence-electron chi connectivity index (χ4n) is 5.10. The topological polar surface area (TPSA) is 76.9 Å². The van der Waals surface area contributed by atoms with Crippen molar-refractivity contribution in [2.75, 3.05) is 40.4 Å². The number of carbonyl (C=O) groups is 2. The van der Waals surface area contributed by atoms with Crippen LogP contribution < -0.4 is 9.47 Å². The van der Waals surface area contributed by atoms with Gasteiger partial charge in [0.15, 0.2) is 17.2 Å². The molecule has 2 heterocycles. The summed E-state index contributed by atoms with van der Waals surface area (Å²) in [4.78, 5) is 29.2. The number of aryl methyl sites for hydroxylation is 1. The molecule has 5 rings (SSSR count). The zero-order chi connectivity index (χ0) is 27.4. The van der Waals surface area contributed by atoms with Crippen LogP contribution in [-0.4, -0.2) is 71.8 Å². The molecule has 2 aromatic carbocycles. The smallest absolute Gasteiger partial charge is 0.274 e. The number of benzene rings is 2. The van der Waals surface area contributed by atoms with Gasteiger partial charge in [-0.1, -0.05) is 13.8 Å². The van der Waals surface area contributed by atoms with Crippen LogP contribution in [0.3, 0.4) is 0 Å². The van der Waals surface area contributed by atoms with Crippen molar-refractivity contribution in [1.29, 1.82) is 0 Å². The van der Waals surface area contributed by atoms with E-state index in [0.717, 1.165) is 28.8 Å². The lowest BCUT2D eigenvalue weighted by atomic mass is 9.88. The SMILES string of the molecule is CC.COc1cc2c(cc1OC)-c1c(c(C(=O)N3CCCN(C(C)=O)CC3)nn1-c1ccc(F)cc1)CC2. The lowest BCUT2D eigenvalue weighted by Gasteiger charge is -2.23. The molecule has 1 saturated heterocycles. The molecule has 9 heteroatoms. The van der Waals surface area contributed by atoms with Crippen molar-refractivity contribution in [1.82, 2.24) is 19.6 Å². The maximum absolute atomic E-state index is 13.8. The molecule has 2 aliphatic rings. The molecule has 202 valence electrons. The largest absolute Gasteiger partial charge is 0.493 e. The van der Waals surface area contributed by atoms with Crippen molar-refractivity contribution in [3.05, 3.63) is 59.0 Å². The van der Waals surface area contributed by atoms with Crippen molar-refractivity contribution in [3.63, 3.8) is 0 Å². The Morgan fingerprint density at radius 3 is 2.18 bits per heavy atom. The molecule has 8 nitrogen and oxygen atoms in total. The third-order valence-corrected chi connectivity index (χ3v) is 6.99. The molecular formula is C29H35FN4O4. The van der Waals surface area contributed by atoms with E-state index in [1.54, 1.807) is 47.8 Å². The van der Waals surface area contributed by atoms with Gasteiger partial charge in [0, 0.05) is 44.2 Å². The maximum Gasteiger partial charge on any atom is 0.274 e. The first kappa shape index (κ1) is 27.2. The first-order valence-corrected chi connectivity index (χ1v) is 13.1. The Hall–Kier alpha value is -3.88. The van der Waals surface area contributed by atoms with Gasteiger partial charge in [0.05, 0.1) is 25.6 Å². The van der Waals surface area contributed by atoms with E-state index in [0.29, 0.717) is 61.9 Å². The molecule has 0 N–H and O–H groups in total. The zero-order valence-electron chi connectivity index (χ0n) is 22.7. The number of ether oxygens (including phenoxy) is 2. The first-order valence-electron chi connectivity index (χ1n) is 13.1. The van der Waals surface area contributed by atoms with Crippen molar-refractivity contribution in [2.45, 2.75) is 40.0 Å². The first-order chi connectivity index (χ1) is 18.4. The number of amides is 2. The second kappa shape index (κ2) is 11.7. The minimum atomic E-state index is -0.345. The molecule has 1 fully saturated rings. The highest BCUT2D eigenvalue weighted by Crippen LogP contribution is 2.42. The summed E-state index contributed by atoms with van der Waals surface area (Å²) >= 11 is 0. The van der Waals surface area contributed by atoms with Crippen LogP contribution >= 0.6 is 0 Å². The molecule has 2 amide bonds. The number of halogens is 1. The third-order valence-electron chi connectivity index (χ3n) is 6.99. The number of aromatic nitrogens is 2. The summed E-state index contributed by atoms with van der Waals surface area (Å²) in [6, 6.07) is 9.96. The molecule has 3 aromatic rings. The van der Waals surface area contributed by atoms with Crippen LogP contribution in [0.2, 0.25) is 0 Å². The van der Waals surface area contributed by atoms with Gasteiger partial charge >= 0.3 is 0 Å². The maximum atomic E-state index is 13.8. The summed E-state index contributed by atoms with van der Waals surface area (Å²) in [7, 11) is 3.19. The number of nitrogens with zero attached hydrogens (tertiary/aromatic N) is 4. The minimum absolute atomic E-state index is 0.0169. The molecule has 0 bridgehead atoms. The van der Waals surface area contributed by atoms with Crippen LogP contribution in [-0.2, 0) is 17.6 Å². The highest BCUT2D eigenvalue weighted by atomic mass is 19.1. The van der Waals surface area contributed by atoms with E-state index < -0.39 is 0 Å². The molecule has 1 aromatic heterocycles. The summed E-state index contributed by atoms with van der Waals surface area (Å²) in [6.45, 7) is 7.71. The monoisotopic (exact) mass is 522 g/mol. The standard InChI is InChI=1S/C27H29FN4O4.C2H6/c1-17(33)30-11-4-12-31(14-13-30)27(34)25-21-10-5-18-15-23(35-2)24(36-3)16-22(18)26(21)32(29-25)20-8-6-19(28)7-9-20;1-2/h6-9,15-16H,4-5,10-14H2,1-3H3;1-2H3. The van der Waals surface area contributed by atoms with E-state index in [1.807, 2.05) is 26.0 Å². The summed E-state index contributed by atoms with van der Waals surface area (Å²) in [5.41, 5.74) is 4.68.